The van der Waals surface area contributed by atoms with Crippen molar-refractivity contribution in [2.24, 2.45) is 0 Å². The fraction of sp³-hybridized carbons (Fsp3) is 0.800. The van der Waals surface area contributed by atoms with Gasteiger partial charge in [0, 0.05) is 13.0 Å². The predicted octanol–water partition coefficient (Wildman–Crippen LogP) is 0.819. The van der Waals surface area contributed by atoms with Crippen LogP contribution in [0.15, 0.2) is 0 Å². The first-order valence-electron chi connectivity index (χ1n) is 5.24. The third-order valence-electron chi connectivity index (χ3n) is 1.78. The third-order valence-corrected chi connectivity index (χ3v) is 1.78. The summed E-state index contributed by atoms with van der Waals surface area (Å²) in [4.78, 5) is 22.1. The third kappa shape index (κ3) is 7.58. The molecule has 0 saturated carbocycles. The van der Waals surface area contributed by atoms with Gasteiger partial charge in [-0.2, -0.15) is 0 Å². The monoisotopic (exact) mass is 200 g/mol. The molecule has 0 saturated heterocycles. The van der Waals surface area contributed by atoms with Gasteiger partial charge >= 0.3 is 0 Å². The van der Waals surface area contributed by atoms with Crippen molar-refractivity contribution in [3.63, 3.8) is 0 Å². The van der Waals surface area contributed by atoms with E-state index in [1.54, 1.807) is 0 Å². The molecule has 0 atom stereocenters. The lowest BCUT2D eigenvalue weighted by molar-refractivity contribution is -0.126. The van der Waals surface area contributed by atoms with Gasteiger partial charge < -0.3 is 10.6 Å². The molecular weight excluding hydrogens is 180 g/mol. The number of nitrogens with one attached hydrogen (secondary N) is 2. The van der Waals surface area contributed by atoms with Crippen molar-refractivity contribution in [1.29, 1.82) is 0 Å². The standard InChI is InChI=1S/C10H20N2O2/c1-3-5-6-9(13)12-8-10(14)11-7-4-2/h3-8H2,1-2H3,(H,11,14)(H,12,13). The molecule has 2 amide bonds. The molecule has 0 aromatic rings. The fourth-order valence-corrected chi connectivity index (χ4v) is 0.932. The second kappa shape index (κ2) is 8.53. The van der Waals surface area contributed by atoms with Crippen molar-refractivity contribution < 1.29 is 9.59 Å². The zero-order valence-corrected chi connectivity index (χ0v) is 9.06. The summed E-state index contributed by atoms with van der Waals surface area (Å²) in [5, 5.41) is 5.27. The Bertz CT molecular complexity index is 161. The summed E-state index contributed by atoms with van der Waals surface area (Å²) < 4.78 is 0. The van der Waals surface area contributed by atoms with Crippen LogP contribution in [0.3, 0.4) is 0 Å². The first-order chi connectivity index (χ1) is 6.70. The number of rotatable bonds is 7. The van der Waals surface area contributed by atoms with Crippen LogP contribution in [0.2, 0.25) is 0 Å². The molecule has 2 N–H and O–H groups in total. The van der Waals surface area contributed by atoms with Crippen LogP contribution in [0, 0.1) is 0 Å². The molecule has 0 aromatic carbocycles. The zero-order chi connectivity index (χ0) is 10.8. The van der Waals surface area contributed by atoms with E-state index in [9.17, 15) is 9.59 Å². The summed E-state index contributed by atoms with van der Waals surface area (Å²) >= 11 is 0. The second-order valence-electron chi connectivity index (χ2n) is 3.23. The predicted molar refractivity (Wildman–Crippen MR) is 55.8 cm³/mol. The molecule has 0 aromatic heterocycles. The van der Waals surface area contributed by atoms with Gasteiger partial charge in [0.25, 0.3) is 0 Å². The molecule has 0 aliphatic carbocycles. The lowest BCUT2D eigenvalue weighted by Crippen LogP contribution is -2.37. The molecule has 4 heteroatoms. The molecule has 0 rings (SSSR count). The van der Waals surface area contributed by atoms with E-state index in [0.29, 0.717) is 13.0 Å². The van der Waals surface area contributed by atoms with Gasteiger partial charge in [-0.1, -0.05) is 20.3 Å². The van der Waals surface area contributed by atoms with Crippen molar-refractivity contribution in [3.05, 3.63) is 0 Å². The molecule has 0 aliphatic heterocycles. The highest BCUT2D eigenvalue weighted by atomic mass is 16.2. The molecule has 14 heavy (non-hydrogen) atoms. The molecule has 0 bridgehead atoms. The Morgan fingerprint density at radius 1 is 1.00 bits per heavy atom. The minimum Gasteiger partial charge on any atom is -0.355 e. The van der Waals surface area contributed by atoms with Crippen LogP contribution >= 0.6 is 0 Å². The van der Waals surface area contributed by atoms with Crippen LogP contribution in [0.1, 0.15) is 39.5 Å². The highest BCUT2D eigenvalue weighted by molar-refractivity contribution is 5.84. The summed E-state index contributed by atoms with van der Waals surface area (Å²) in [5.74, 6) is -0.157. The van der Waals surface area contributed by atoms with Gasteiger partial charge in [-0.25, -0.2) is 0 Å². The summed E-state index contributed by atoms with van der Waals surface area (Å²) in [6, 6.07) is 0. The van der Waals surface area contributed by atoms with Gasteiger partial charge in [0.1, 0.15) is 0 Å². The van der Waals surface area contributed by atoms with Gasteiger partial charge in [0.05, 0.1) is 6.54 Å². The van der Waals surface area contributed by atoms with Crippen LogP contribution in [-0.4, -0.2) is 24.9 Å². The minimum absolute atomic E-state index is 0.0431. The van der Waals surface area contributed by atoms with Crippen molar-refractivity contribution in [1.82, 2.24) is 10.6 Å². The maximum absolute atomic E-state index is 11.1. The largest absolute Gasteiger partial charge is 0.355 e. The fourth-order valence-electron chi connectivity index (χ4n) is 0.932. The minimum atomic E-state index is -0.114. The maximum atomic E-state index is 11.1. The van der Waals surface area contributed by atoms with Crippen LogP contribution in [0.25, 0.3) is 0 Å². The second-order valence-corrected chi connectivity index (χ2v) is 3.23. The van der Waals surface area contributed by atoms with Crippen LogP contribution in [0.4, 0.5) is 0 Å². The average molecular weight is 200 g/mol. The number of hydrogen-bond donors (Lipinski definition) is 2. The number of amides is 2. The molecule has 0 spiro atoms. The molecule has 0 radical (unpaired) electrons. The van der Waals surface area contributed by atoms with Crippen molar-refractivity contribution in [3.8, 4) is 0 Å². The van der Waals surface area contributed by atoms with E-state index < -0.39 is 0 Å². The van der Waals surface area contributed by atoms with Crippen molar-refractivity contribution in [2.45, 2.75) is 39.5 Å². The first-order valence-corrected chi connectivity index (χ1v) is 5.24. The SMILES string of the molecule is CCCCC(=O)NCC(=O)NCCC. The number of carbonyl (C=O) groups excluding carboxylic acids is 2. The normalized spacial score (nSPS) is 9.57. The Hall–Kier alpha value is -1.06. The average Bonchev–Trinajstić information content (AvgIpc) is 2.20. The Labute approximate surface area is 85.4 Å². The van der Waals surface area contributed by atoms with E-state index in [1.807, 2.05) is 13.8 Å². The summed E-state index contributed by atoms with van der Waals surface area (Å²) in [6.07, 6.45) is 3.30. The van der Waals surface area contributed by atoms with E-state index in [4.69, 9.17) is 0 Å². The molecule has 82 valence electrons. The van der Waals surface area contributed by atoms with E-state index in [-0.39, 0.29) is 18.4 Å². The Balaban J connectivity index is 3.41. The van der Waals surface area contributed by atoms with Gasteiger partial charge in [-0.05, 0) is 12.8 Å². The molecule has 0 fully saturated rings. The van der Waals surface area contributed by atoms with Crippen LogP contribution in [0.5, 0.6) is 0 Å². The van der Waals surface area contributed by atoms with Crippen molar-refractivity contribution in [2.75, 3.05) is 13.1 Å². The molecule has 0 aliphatic rings. The van der Waals surface area contributed by atoms with Gasteiger partial charge in [0.15, 0.2) is 0 Å². The lowest BCUT2D eigenvalue weighted by Gasteiger charge is -2.05. The Morgan fingerprint density at radius 2 is 1.71 bits per heavy atom. The maximum Gasteiger partial charge on any atom is 0.239 e. The van der Waals surface area contributed by atoms with Gasteiger partial charge in [-0.3, -0.25) is 9.59 Å². The molecule has 0 heterocycles. The number of carbonyl (C=O) groups is 2. The van der Waals surface area contributed by atoms with Crippen molar-refractivity contribution >= 4 is 11.8 Å². The van der Waals surface area contributed by atoms with E-state index in [0.717, 1.165) is 19.3 Å². The highest BCUT2D eigenvalue weighted by Crippen LogP contribution is 1.92. The molecule has 4 nitrogen and oxygen atoms in total. The van der Waals surface area contributed by atoms with E-state index in [2.05, 4.69) is 10.6 Å². The Morgan fingerprint density at radius 3 is 2.29 bits per heavy atom. The zero-order valence-electron chi connectivity index (χ0n) is 9.06. The topological polar surface area (TPSA) is 58.2 Å². The number of hydrogen-bond acceptors (Lipinski definition) is 2. The van der Waals surface area contributed by atoms with Gasteiger partial charge in [-0.15, -0.1) is 0 Å². The van der Waals surface area contributed by atoms with E-state index in [1.165, 1.54) is 0 Å². The van der Waals surface area contributed by atoms with E-state index >= 15 is 0 Å². The smallest absolute Gasteiger partial charge is 0.239 e. The van der Waals surface area contributed by atoms with Gasteiger partial charge in [0.2, 0.25) is 11.8 Å². The van der Waals surface area contributed by atoms with Crippen LogP contribution in [-0.2, 0) is 9.59 Å². The molecule has 0 unspecified atom stereocenters. The summed E-state index contributed by atoms with van der Waals surface area (Å²) in [5.41, 5.74) is 0. The Kier molecular flexibility index (Phi) is 7.89. The first kappa shape index (κ1) is 12.9. The number of unbranched alkanes of at least 4 members (excludes halogenated alkanes) is 1. The lowest BCUT2D eigenvalue weighted by atomic mass is 10.2. The van der Waals surface area contributed by atoms with Crippen LogP contribution < -0.4 is 10.6 Å². The summed E-state index contributed by atoms with van der Waals surface area (Å²) in [7, 11) is 0. The molecular formula is C10H20N2O2. The summed E-state index contributed by atoms with van der Waals surface area (Å²) in [6.45, 7) is 4.79. The quantitative estimate of drug-likeness (QED) is 0.639. The highest BCUT2D eigenvalue weighted by Gasteiger charge is 2.03.